The summed E-state index contributed by atoms with van der Waals surface area (Å²) in [5.41, 5.74) is 1.16. The highest BCUT2D eigenvalue weighted by atomic mass is 16.5. The zero-order valence-corrected chi connectivity index (χ0v) is 15.6. The molecule has 0 saturated carbocycles. The third kappa shape index (κ3) is 5.95. The maximum Gasteiger partial charge on any atom is 0.260 e. The molecule has 2 aromatic rings. The molecular formula is C21H24N2O4. The standard InChI is InChI=1S/C21H24N2O4/c1-3-22-19(24)14-23(4-2)20(25)15-27-18-12-10-17(11-13-18)21(26)16-8-6-5-7-9-16/h5-13H,3-4,14-15H2,1-2H3,(H,22,24). The number of nitrogens with zero attached hydrogens (tertiary/aromatic N) is 1. The SMILES string of the molecule is CCNC(=O)CN(CC)C(=O)COc1ccc(C(=O)c2ccccc2)cc1. The second-order valence-corrected chi connectivity index (χ2v) is 5.87. The lowest BCUT2D eigenvalue weighted by atomic mass is 10.0. The van der Waals surface area contributed by atoms with Crippen molar-refractivity contribution in [1.82, 2.24) is 10.2 Å². The summed E-state index contributed by atoms with van der Waals surface area (Å²) >= 11 is 0. The van der Waals surface area contributed by atoms with Gasteiger partial charge in [-0.3, -0.25) is 14.4 Å². The first kappa shape index (κ1) is 20.2. The Morgan fingerprint density at radius 1 is 0.926 bits per heavy atom. The molecular weight excluding hydrogens is 344 g/mol. The Morgan fingerprint density at radius 3 is 2.15 bits per heavy atom. The van der Waals surface area contributed by atoms with Gasteiger partial charge in [-0.25, -0.2) is 0 Å². The van der Waals surface area contributed by atoms with Gasteiger partial charge in [-0.15, -0.1) is 0 Å². The zero-order chi connectivity index (χ0) is 19.6. The minimum Gasteiger partial charge on any atom is -0.484 e. The van der Waals surface area contributed by atoms with Crippen LogP contribution >= 0.6 is 0 Å². The van der Waals surface area contributed by atoms with Crippen LogP contribution in [0.25, 0.3) is 0 Å². The van der Waals surface area contributed by atoms with E-state index in [0.29, 0.717) is 30.0 Å². The molecule has 0 saturated heterocycles. The largest absolute Gasteiger partial charge is 0.484 e. The lowest BCUT2D eigenvalue weighted by Crippen LogP contribution is -2.42. The van der Waals surface area contributed by atoms with Crippen molar-refractivity contribution in [3.05, 3.63) is 65.7 Å². The van der Waals surface area contributed by atoms with Crippen LogP contribution in [0.15, 0.2) is 54.6 Å². The van der Waals surface area contributed by atoms with E-state index in [4.69, 9.17) is 4.74 Å². The number of hydrogen-bond donors (Lipinski definition) is 1. The number of nitrogens with one attached hydrogen (secondary N) is 1. The zero-order valence-electron chi connectivity index (χ0n) is 15.6. The van der Waals surface area contributed by atoms with Crippen molar-refractivity contribution >= 4 is 17.6 Å². The summed E-state index contributed by atoms with van der Waals surface area (Å²) in [5.74, 6) is -0.0518. The monoisotopic (exact) mass is 368 g/mol. The molecule has 2 rings (SSSR count). The first-order valence-electron chi connectivity index (χ1n) is 8.92. The van der Waals surface area contributed by atoms with Crippen LogP contribution in [0.4, 0.5) is 0 Å². The van der Waals surface area contributed by atoms with Gasteiger partial charge in [0.05, 0.1) is 6.54 Å². The molecule has 6 heteroatoms. The topological polar surface area (TPSA) is 75.7 Å². The van der Waals surface area contributed by atoms with Gasteiger partial charge in [0.2, 0.25) is 5.91 Å². The molecule has 0 atom stereocenters. The molecule has 0 bridgehead atoms. The number of rotatable bonds is 9. The molecule has 0 spiro atoms. The van der Waals surface area contributed by atoms with Gasteiger partial charge in [0.15, 0.2) is 12.4 Å². The van der Waals surface area contributed by atoms with E-state index in [1.807, 2.05) is 25.1 Å². The summed E-state index contributed by atoms with van der Waals surface area (Å²) in [5, 5.41) is 2.66. The highest BCUT2D eigenvalue weighted by Crippen LogP contribution is 2.15. The molecule has 142 valence electrons. The predicted octanol–water partition coefficient (Wildman–Crippen LogP) is 2.28. The minimum atomic E-state index is -0.270. The van der Waals surface area contributed by atoms with Gasteiger partial charge in [0, 0.05) is 24.2 Å². The summed E-state index contributed by atoms with van der Waals surface area (Å²) in [6, 6.07) is 15.7. The second-order valence-electron chi connectivity index (χ2n) is 5.87. The summed E-state index contributed by atoms with van der Waals surface area (Å²) in [6.45, 7) is 4.42. The van der Waals surface area contributed by atoms with Gasteiger partial charge in [-0.05, 0) is 38.1 Å². The Balaban J connectivity index is 1.91. The highest BCUT2D eigenvalue weighted by Gasteiger charge is 2.16. The molecule has 0 unspecified atom stereocenters. The molecule has 2 amide bonds. The molecule has 0 fully saturated rings. The number of amides is 2. The first-order chi connectivity index (χ1) is 13.0. The van der Waals surface area contributed by atoms with Crippen LogP contribution in [-0.2, 0) is 9.59 Å². The lowest BCUT2D eigenvalue weighted by molar-refractivity contribution is -0.137. The maximum atomic E-state index is 12.4. The maximum absolute atomic E-state index is 12.4. The van der Waals surface area contributed by atoms with Crippen molar-refractivity contribution in [2.75, 3.05) is 26.2 Å². The molecule has 0 heterocycles. The molecule has 0 aliphatic heterocycles. The van der Waals surface area contributed by atoms with E-state index < -0.39 is 0 Å². The van der Waals surface area contributed by atoms with E-state index in [1.54, 1.807) is 43.3 Å². The molecule has 0 radical (unpaired) electrons. The van der Waals surface area contributed by atoms with E-state index in [2.05, 4.69) is 5.32 Å². The summed E-state index contributed by atoms with van der Waals surface area (Å²) in [4.78, 5) is 37.6. The van der Waals surface area contributed by atoms with Gasteiger partial charge in [0.25, 0.3) is 5.91 Å². The lowest BCUT2D eigenvalue weighted by Gasteiger charge is -2.20. The Bertz CT molecular complexity index is 773. The fourth-order valence-corrected chi connectivity index (χ4v) is 2.50. The molecule has 2 aromatic carbocycles. The van der Waals surface area contributed by atoms with Crippen LogP contribution in [0.3, 0.4) is 0 Å². The van der Waals surface area contributed by atoms with Crippen LogP contribution in [0.5, 0.6) is 5.75 Å². The summed E-state index contributed by atoms with van der Waals surface area (Å²) < 4.78 is 5.50. The van der Waals surface area contributed by atoms with Crippen LogP contribution in [0.2, 0.25) is 0 Å². The summed E-state index contributed by atoms with van der Waals surface area (Å²) in [6.07, 6.45) is 0. The Kier molecular flexibility index (Phi) is 7.55. The average Bonchev–Trinajstić information content (AvgIpc) is 2.71. The Labute approximate surface area is 159 Å². The van der Waals surface area contributed by atoms with E-state index in [9.17, 15) is 14.4 Å². The van der Waals surface area contributed by atoms with Crippen LogP contribution in [-0.4, -0.2) is 48.7 Å². The fourth-order valence-electron chi connectivity index (χ4n) is 2.50. The van der Waals surface area contributed by atoms with Crippen LogP contribution < -0.4 is 10.1 Å². The number of likely N-dealkylation sites (N-methyl/N-ethyl adjacent to an activating group) is 2. The van der Waals surface area contributed by atoms with Gasteiger partial charge in [-0.2, -0.15) is 0 Å². The van der Waals surface area contributed by atoms with Crippen LogP contribution in [0.1, 0.15) is 29.8 Å². The van der Waals surface area contributed by atoms with Crippen molar-refractivity contribution in [2.45, 2.75) is 13.8 Å². The summed E-state index contributed by atoms with van der Waals surface area (Å²) in [7, 11) is 0. The molecule has 0 aliphatic rings. The molecule has 6 nitrogen and oxygen atoms in total. The highest BCUT2D eigenvalue weighted by molar-refractivity contribution is 6.09. The van der Waals surface area contributed by atoms with Crippen LogP contribution in [0, 0.1) is 0 Å². The van der Waals surface area contributed by atoms with Gasteiger partial charge in [-0.1, -0.05) is 30.3 Å². The van der Waals surface area contributed by atoms with Crippen molar-refractivity contribution < 1.29 is 19.1 Å². The number of ketones is 1. The first-order valence-corrected chi connectivity index (χ1v) is 8.92. The predicted molar refractivity (Wildman–Crippen MR) is 103 cm³/mol. The third-order valence-electron chi connectivity index (χ3n) is 3.96. The number of carbonyl (C=O) groups is 3. The average molecular weight is 368 g/mol. The molecule has 0 aliphatic carbocycles. The Morgan fingerprint density at radius 2 is 1.56 bits per heavy atom. The number of ether oxygens (including phenoxy) is 1. The number of benzene rings is 2. The van der Waals surface area contributed by atoms with E-state index in [0.717, 1.165) is 0 Å². The number of carbonyl (C=O) groups excluding carboxylic acids is 3. The third-order valence-corrected chi connectivity index (χ3v) is 3.96. The quantitative estimate of drug-likeness (QED) is 0.689. The van der Waals surface area contributed by atoms with Gasteiger partial charge < -0.3 is 15.0 Å². The number of hydrogen-bond acceptors (Lipinski definition) is 4. The van der Waals surface area contributed by atoms with E-state index >= 15 is 0 Å². The van der Waals surface area contributed by atoms with Gasteiger partial charge >= 0.3 is 0 Å². The Hall–Kier alpha value is -3.15. The molecule has 0 aromatic heterocycles. The van der Waals surface area contributed by atoms with Crippen molar-refractivity contribution in [1.29, 1.82) is 0 Å². The van der Waals surface area contributed by atoms with Crippen molar-refractivity contribution in [3.8, 4) is 5.75 Å². The molecule has 1 N–H and O–H groups in total. The minimum absolute atomic E-state index is 0.0110. The smallest absolute Gasteiger partial charge is 0.260 e. The normalized spacial score (nSPS) is 10.1. The second kappa shape index (κ2) is 10.1. The molecule has 27 heavy (non-hydrogen) atoms. The van der Waals surface area contributed by atoms with E-state index in [1.165, 1.54) is 4.90 Å². The van der Waals surface area contributed by atoms with Gasteiger partial charge in [0.1, 0.15) is 5.75 Å². The van der Waals surface area contributed by atoms with Crippen molar-refractivity contribution in [2.24, 2.45) is 0 Å². The van der Waals surface area contributed by atoms with E-state index in [-0.39, 0.29) is 30.7 Å². The fraction of sp³-hybridized carbons (Fsp3) is 0.286. The van der Waals surface area contributed by atoms with Crippen molar-refractivity contribution in [3.63, 3.8) is 0 Å².